The topological polar surface area (TPSA) is 106 Å². The molecule has 11 heteroatoms. The highest BCUT2D eigenvalue weighted by Gasteiger charge is 2.27. The summed E-state index contributed by atoms with van der Waals surface area (Å²) >= 11 is 1.33. The van der Waals surface area contributed by atoms with E-state index in [0.717, 1.165) is 35.2 Å². The largest absolute Gasteiger partial charge is 0.354 e. The highest BCUT2D eigenvalue weighted by atomic mass is 32.1. The quantitative estimate of drug-likeness (QED) is 0.436. The summed E-state index contributed by atoms with van der Waals surface area (Å²) in [6.45, 7) is 3.56. The Bertz CT molecular complexity index is 1590. The van der Waals surface area contributed by atoms with Crippen molar-refractivity contribution in [1.29, 1.82) is 0 Å². The average molecular weight is 483 g/mol. The van der Waals surface area contributed by atoms with Crippen LogP contribution >= 0.6 is 11.3 Å². The Morgan fingerprint density at radius 1 is 1.26 bits per heavy atom. The monoisotopic (exact) mass is 482 g/mol. The molecule has 0 aliphatic carbocycles. The first-order valence-corrected chi connectivity index (χ1v) is 11.9. The lowest BCUT2D eigenvalue weighted by Crippen LogP contribution is -2.67. The Hall–Kier alpha value is -3.49. The Morgan fingerprint density at radius 2 is 2.09 bits per heavy atom. The van der Waals surface area contributed by atoms with Gasteiger partial charge in [-0.15, -0.1) is 17.3 Å². The molecule has 0 spiro atoms. The fourth-order valence-electron chi connectivity index (χ4n) is 4.45. The number of hydrogen-bond acceptors (Lipinski definition) is 6. The van der Waals surface area contributed by atoms with Crippen LogP contribution < -0.4 is 21.9 Å². The molecule has 9 nitrogen and oxygen atoms in total. The van der Waals surface area contributed by atoms with E-state index in [1.54, 1.807) is 24.6 Å². The summed E-state index contributed by atoms with van der Waals surface area (Å²) in [5.74, 6) is 6.17. The van der Waals surface area contributed by atoms with Crippen LogP contribution in [0.15, 0.2) is 27.8 Å². The molecule has 5 rings (SSSR count). The van der Waals surface area contributed by atoms with Gasteiger partial charge >= 0.3 is 5.69 Å². The zero-order valence-corrected chi connectivity index (χ0v) is 19.9. The predicted molar refractivity (Wildman–Crippen MR) is 129 cm³/mol. The van der Waals surface area contributed by atoms with Crippen molar-refractivity contribution in [1.82, 2.24) is 23.7 Å². The minimum Gasteiger partial charge on any atom is -0.354 e. The maximum absolute atomic E-state index is 13.6. The van der Waals surface area contributed by atoms with E-state index < -0.39 is 11.2 Å². The highest BCUT2D eigenvalue weighted by molar-refractivity contribution is 7.18. The molecule has 0 radical (unpaired) electrons. The fraction of sp³-hybridized carbons (Fsp3) is 0.391. The summed E-state index contributed by atoms with van der Waals surface area (Å²) in [6.07, 6.45) is 2.03. The van der Waals surface area contributed by atoms with Crippen molar-refractivity contribution < 1.29 is 10.1 Å². The normalized spacial score (nSPS) is 16.2. The molecule has 1 aliphatic heterocycles. The first-order chi connectivity index (χ1) is 16.4. The molecule has 4 heterocycles. The van der Waals surface area contributed by atoms with E-state index in [9.17, 15) is 14.0 Å². The van der Waals surface area contributed by atoms with Gasteiger partial charge in [-0.3, -0.25) is 18.5 Å². The maximum atomic E-state index is 13.6. The van der Waals surface area contributed by atoms with E-state index >= 15 is 0 Å². The summed E-state index contributed by atoms with van der Waals surface area (Å²) in [5, 5.41) is 0.551. The minimum absolute atomic E-state index is 0.00689. The van der Waals surface area contributed by atoms with Gasteiger partial charge < -0.3 is 10.6 Å². The number of rotatable bonds is 4. The van der Waals surface area contributed by atoms with E-state index in [2.05, 4.69) is 27.5 Å². The molecular formula is C23H25FN7O2S+. The molecule has 1 fully saturated rings. The van der Waals surface area contributed by atoms with Crippen molar-refractivity contribution in [3.8, 4) is 11.8 Å². The standard InChI is InChI=1S/C23H24FN7O2S/c1-3-4-10-30-19-20(27-22(30)29-9-5-6-15(25)12-29)28(2)23(33)31(21(19)32)13-18-26-16-11-14(24)7-8-17(16)34-18/h7-8,11,15H,5-6,9-10,12-13,25H2,1-2H3/p+1. The Morgan fingerprint density at radius 3 is 2.85 bits per heavy atom. The lowest BCUT2D eigenvalue weighted by Gasteiger charge is -2.29. The van der Waals surface area contributed by atoms with Crippen LogP contribution in [0.5, 0.6) is 0 Å². The number of hydrogen-bond donors (Lipinski definition) is 1. The summed E-state index contributed by atoms with van der Waals surface area (Å²) in [7, 11) is 1.61. The zero-order valence-electron chi connectivity index (χ0n) is 19.0. The predicted octanol–water partition coefficient (Wildman–Crippen LogP) is 0.928. The van der Waals surface area contributed by atoms with Crippen molar-refractivity contribution >= 4 is 38.7 Å². The summed E-state index contributed by atoms with van der Waals surface area (Å²) in [5.41, 5.74) is 4.44. The van der Waals surface area contributed by atoms with E-state index in [4.69, 9.17) is 4.98 Å². The van der Waals surface area contributed by atoms with E-state index in [0.29, 0.717) is 27.6 Å². The number of aryl methyl sites for hydroxylation is 1. The van der Waals surface area contributed by atoms with Crippen LogP contribution in [-0.2, 0) is 20.1 Å². The van der Waals surface area contributed by atoms with Crippen molar-refractivity contribution in [2.45, 2.75) is 38.9 Å². The van der Waals surface area contributed by atoms with Crippen LogP contribution in [0.3, 0.4) is 0 Å². The number of imidazole rings is 1. The molecule has 0 bridgehead atoms. The molecule has 1 aliphatic rings. The van der Waals surface area contributed by atoms with E-state index in [1.165, 1.54) is 28.0 Å². The second-order valence-corrected chi connectivity index (χ2v) is 9.62. The van der Waals surface area contributed by atoms with Crippen molar-refractivity contribution in [3.63, 3.8) is 0 Å². The molecule has 1 atom stereocenters. The molecule has 4 aromatic rings. The first-order valence-electron chi connectivity index (χ1n) is 11.1. The SMILES string of the molecule is CC#CCn1c(N2CCCC([NH3+])C2)nc2c1c(=O)n(Cc1nc3cc(F)ccc3s1)c(=O)n2C. The molecule has 176 valence electrons. The lowest BCUT2D eigenvalue weighted by molar-refractivity contribution is -0.419. The van der Waals surface area contributed by atoms with Crippen LogP contribution in [0.2, 0.25) is 0 Å². The molecule has 3 N–H and O–H groups in total. The van der Waals surface area contributed by atoms with Gasteiger partial charge in [0.15, 0.2) is 11.2 Å². The number of halogens is 1. The smallest absolute Gasteiger partial charge is 0.332 e. The number of quaternary nitrogens is 1. The number of anilines is 1. The molecule has 1 aromatic carbocycles. The van der Waals surface area contributed by atoms with Gasteiger partial charge in [-0.25, -0.2) is 14.2 Å². The van der Waals surface area contributed by atoms with E-state index in [1.807, 2.05) is 0 Å². The van der Waals surface area contributed by atoms with Gasteiger partial charge in [0.25, 0.3) is 5.56 Å². The molecule has 1 unspecified atom stereocenters. The number of piperidine rings is 1. The average Bonchev–Trinajstić information content (AvgIpc) is 3.40. The third kappa shape index (κ3) is 3.78. The van der Waals surface area contributed by atoms with Gasteiger partial charge in [0.05, 0.1) is 29.9 Å². The van der Waals surface area contributed by atoms with Gasteiger partial charge in [0.1, 0.15) is 16.9 Å². The van der Waals surface area contributed by atoms with Gasteiger partial charge in [-0.2, -0.15) is 4.98 Å². The van der Waals surface area contributed by atoms with Gasteiger partial charge in [0.2, 0.25) is 5.95 Å². The highest BCUT2D eigenvalue weighted by Crippen LogP contribution is 2.24. The first kappa shape index (κ1) is 22.3. The number of thiazole rings is 1. The second-order valence-electron chi connectivity index (χ2n) is 8.50. The van der Waals surface area contributed by atoms with Crippen molar-refractivity contribution in [3.05, 3.63) is 49.9 Å². The van der Waals surface area contributed by atoms with Gasteiger partial charge in [-0.05, 0) is 25.5 Å². The van der Waals surface area contributed by atoms with Gasteiger partial charge in [0, 0.05) is 26.1 Å². The zero-order chi connectivity index (χ0) is 24.0. The van der Waals surface area contributed by atoms with Crippen molar-refractivity contribution in [2.75, 3.05) is 18.0 Å². The summed E-state index contributed by atoms with van der Waals surface area (Å²) in [6, 6.07) is 4.63. The fourth-order valence-corrected chi connectivity index (χ4v) is 5.38. The third-order valence-corrected chi connectivity index (χ3v) is 7.14. The lowest BCUT2D eigenvalue weighted by atomic mass is 10.1. The molecule has 0 amide bonds. The number of benzene rings is 1. The number of fused-ring (bicyclic) bond motifs is 2. The van der Waals surface area contributed by atoms with Crippen LogP contribution in [0.4, 0.5) is 10.3 Å². The maximum Gasteiger partial charge on any atom is 0.332 e. The minimum atomic E-state index is -0.477. The number of nitrogens with zero attached hydrogens (tertiary/aromatic N) is 6. The van der Waals surface area contributed by atoms with Crippen molar-refractivity contribution in [2.24, 2.45) is 7.05 Å². The molecule has 3 aromatic heterocycles. The Kier molecular flexibility index (Phi) is 5.71. The summed E-state index contributed by atoms with van der Waals surface area (Å²) < 4.78 is 18.7. The third-order valence-electron chi connectivity index (χ3n) is 6.12. The molecular weight excluding hydrogens is 457 g/mol. The van der Waals surface area contributed by atoms with Crippen LogP contribution in [0.1, 0.15) is 24.8 Å². The van der Waals surface area contributed by atoms with Gasteiger partial charge in [-0.1, -0.05) is 5.92 Å². The Balaban J connectivity index is 1.67. The van der Waals surface area contributed by atoms with Crippen LogP contribution in [0.25, 0.3) is 21.4 Å². The summed E-state index contributed by atoms with van der Waals surface area (Å²) in [4.78, 5) is 38.1. The molecule has 34 heavy (non-hydrogen) atoms. The molecule has 1 saturated heterocycles. The number of aromatic nitrogens is 5. The van der Waals surface area contributed by atoms with E-state index in [-0.39, 0.29) is 24.9 Å². The Labute approximate surface area is 198 Å². The van der Waals surface area contributed by atoms with Crippen LogP contribution in [0, 0.1) is 17.7 Å². The van der Waals surface area contributed by atoms with Crippen LogP contribution in [-0.4, -0.2) is 42.8 Å². The second kappa shape index (κ2) is 8.70. The molecule has 0 saturated carbocycles.